The van der Waals surface area contributed by atoms with Gasteiger partial charge in [-0.3, -0.25) is 4.98 Å². The van der Waals surface area contributed by atoms with E-state index in [0.29, 0.717) is 31.4 Å². The SMILES string of the molecule is [2H]C([2H])([2H])c1ccc2c(c1)sc1c(-c3cc4c(cn3)C([2H])([2H])CCC4([2H])[2H])ccc(C([2H])([2H])[2H])c12. The molecule has 0 radical (unpaired) electrons. The molecule has 2 aromatic heterocycles. The third-order valence-electron chi connectivity index (χ3n) is 4.56. The maximum Gasteiger partial charge on any atom is 0.0719 e. The van der Waals surface area contributed by atoms with Crippen LogP contribution in [-0.4, -0.2) is 4.98 Å². The third kappa shape index (κ3) is 2.39. The smallest absolute Gasteiger partial charge is 0.0719 e. The van der Waals surface area contributed by atoms with Gasteiger partial charge in [0.25, 0.3) is 0 Å². The molecule has 5 rings (SSSR count). The standard InChI is InChI=1S/C23H21NS/c1-14-7-9-19-21(11-14)25-23-18(10-8-15(2)22(19)23)20-12-16-5-3-4-6-17(16)13-24-20/h7-13H,3-6H2,1-2H3/i1D3,2D3,5D2,6D2. The fourth-order valence-electron chi connectivity index (χ4n) is 3.37. The molecule has 1 nitrogen and oxygen atoms in total. The first kappa shape index (κ1) is 8.01. The van der Waals surface area contributed by atoms with Gasteiger partial charge in [0.2, 0.25) is 0 Å². The summed E-state index contributed by atoms with van der Waals surface area (Å²) in [6, 6.07) is 9.42. The number of thiophene rings is 1. The van der Waals surface area contributed by atoms with Crippen molar-refractivity contribution in [1.82, 2.24) is 4.98 Å². The summed E-state index contributed by atoms with van der Waals surface area (Å²) in [4.78, 5) is 4.46. The molecule has 0 saturated heterocycles. The zero-order chi connectivity index (χ0) is 25.6. The third-order valence-corrected chi connectivity index (χ3v) is 5.74. The quantitative estimate of drug-likeness (QED) is 0.375. The molecule has 0 aliphatic heterocycles. The van der Waals surface area contributed by atoms with Gasteiger partial charge < -0.3 is 0 Å². The second-order valence-electron chi connectivity index (χ2n) is 6.15. The molecule has 0 atom stereocenters. The van der Waals surface area contributed by atoms with E-state index in [0.717, 1.165) is 0 Å². The Morgan fingerprint density at radius 2 is 1.96 bits per heavy atom. The highest BCUT2D eigenvalue weighted by Crippen LogP contribution is 2.41. The van der Waals surface area contributed by atoms with Crippen molar-refractivity contribution in [3.8, 4) is 11.3 Å². The topological polar surface area (TPSA) is 12.9 Å². The summed E-state index contributed by atoms with van der Waals surface area (Å²) in [5.74, 6) is 0. The molecule has 1 aliphatic carbocycles. The summed E-state index contributed by atoms with van der Waals surface area (Å²) in [5.41, 5.74) is 1.79. The second kappa shape index (κ2) is 5.67. The van der Waals surface area contributed by atoms with E-state index in [1.807, 2.05) is 0 Å². The molecule has 2 heteroatoms. The fraction of sp³-hybridized carbons (Fsp3) is 0.261. The van der Waals surface area contributed by atoms with Gasteiger partial charge in [0.05, 0.1) is 5.69 Å². The number of benzene rings is 2. The molecule has 0 unspecified atom stereocenters. The molecule has 0 saturated carbocycles. The van der Waals surface area contributed by atoms with Crippen LogP contribution in [0.1, 0.15) is 48.8 Å². The zero-order valence-electron chi connectivity index (χ0n) is 23.3. The Labute approximate surface area is 166 Å². The highest BCUT2D eigenvalue weighted by molar-refractivity contribution is 7.26. The van der Waals surface area contributed by atoms with Gasteiger partial charge in [0.15, 0.2) is 0 Å². The Morgan fingerprint density at radius 3 is 2.84 bits per heavy atom. The summed E-state index contributed by atoms with van der Waals surface area (Å²) in [5, 5.41) is 1.13. The summed E-state index contributed by atoms with van der Waals surface area (Å²) in [6.07, 6.45) is -1.91. The van der Waals surface area contributed by atoms with Gasteiger partial charge in [0.1, 0.15) is 0 Å². The molecule has 2 aromatic carbocycles. The largest absolute Gasteiger partial charge is 0.256 e. The summed E-state index contributed by atoms with van der Waals surface area (Å²) < 4.78 is 82.0. The number of hydrogen-bond acceptors (Lipinski definition) is 2. The number of hydrogen-bond donors (Lipinski definition) is 0. The molecular formula is C23H21NS. The molecule has 4 aromatic rings. The lowest BCUT2D eigenvalue weighted by atomic mass is 9.92. The molecule has 1 aliphatic rings. The summed E-state index contributed by atoms with van der Waals surface area (Å²) in [7, 11) is 0. The van der Waals surface area contributed by atoms with E-state index >= 15 is 0 Å². The predicted octanol–water partition coefficient (Wildman–Crippen LogP) is 6.61. The van der Waals surface area contributed by atoms with Crippen LogP contribution in [0.5, 0.6) is 0 Å². The van der Waals surface area contributed by atoms with Crippen molar-refractivity contribution in [1.29, 1.82) is 0 Å². The molecule has 0 bridgehead atoms. The lowest BCUT2D eigenvalue weighted by Gasteiger charge is -2.16. The van der Waals surface area contributed by atoms with Crippen molar-refractivity contribution in [3.63, 3.8) is 0 Å². The minimum atomic E-state index is -2.40. The Hall–Kier alpha value is -2.19. The van der Waals surface area contributed by atoms with E-state index in [4.69, 9.17) is 13.7 Å². The average molecular weight is 354 g/mol. The van der Waals surface area contributed by atoms with Crippen LogP contribution in [0, 0.1) is 13.7 Å². The van der Waals surface area contributed by atoms with Crippen LogP contribution in [0.2, 0.25) is 0 Å². The Morgan fingerprint density at radius 1 is 1.04 bits per heavy atom. The number of pyridine rings is 1. The first-order valence-electron chi connectivity index (χ1n) is 13.1. The molecule has 2 heterocycles. The molecule has 0 spiro atoms. The zero-order valence-corrected chi connectivity index (χ0v) is 14.1. The molecular weight excluding hydrogens is 322 g/mol. The maximum atomic E-state index is 8.44. The van der Waals surface area contributed by atoms with E-state index in [1.165, 1.54) is 29.7 Å². The van der Waals surface area contributed by atoms with Crippen molar-refractivity contribution < 1.29 is 13.7 Å². The van der Waals surface area contributed by atoms with Crippen molar-refractivity contribution in [2.75, 3.05) is 0 Å². The van der Waals surface area contributed by atoms with E-state index < -0.39 is 26.4 Å². The van der Waals surface area contributed by atoms with Crippen molar-refractivity contribution in [2.45, 2.75) is 39.3 Å². The van der Waals surface area contributed by atoms with Crippen LogP contribution in [0.4, 0.5) is 0 Å². The number of rotatable bonds is 1. The van der Waals surface area contributed by atoms with Crippen LogP contribution in [0.15, 0.2) is 42.6 Å². The van der Waals surface area contributed by atoms with Gasteiger partial charge in [0, 0.05) is 45.6 Å². The van der Waals surface area contributed by atoms with Gasteiger partial charge in [-0.15, -0.1) is 11.3 Å². The Balaban J connectivity index is 1.81. The molecule has 124 valence electrons. The molecule has 0 fully saturated rings. The van der Waals surface area contributed by atoms with E-state index in [2.05, 4.69) is 4.98 Å². The van der Waals surface area contributed by atoms with E-state index in [9.17, 15) is 0 Å². The number of aryl methyl sites for hydroxylation is 4. The minimum Gasteiger partial charge on any atom is -0.256 e. The van der Waals surface area contributed by atoms with Gasteiger partial charge in [-0.05, 0) is 73.7 Å². The van der Waals surface area contributed by atoms with Crippen LogP contribution in [0.3, 0.4) is 0 Å². The van der Waals surface area contributed by atoms with Crippen LogP contribution in [0.25, 0.3) is 31.4 Å². The van der Waals surface area contributed by atoms with Crippen molar-refractivity contribution >= 4 is 31.5 Å². The van der Waals surface area contributed by atoms with E-state index in [1.54, 1.807) is 24.3 Å². The van der Waals surface area contributed by atoms with Gasteiger partial charge in [-0.1, -0.05) is 24.3 Å². The Kier molecular flexibility index (Phi) is 1.82. The normalized spacial score (nSPS) is 25.1. The summed E-state index contributed by atoms with van der Waals surface area (Å²) >= 11 is 1.27. The lowest BCUT2D eigenvalue weighted by molar-refractivity contribution is 0.682. The van der Waals surface area contributed by atoms with E-state index in [-0.39, 0.29) is 35.1 Å². The molecule has 25 heavy (non-hydrogen) atoms. The minimum absolute atomic E-state index is 0.0463. The molecule has 0 amide bonds. The monoisotopic (exact) mass is 353 g/mol. The number of aromatic nitrogens is 1. The van der Waals surface area contributed by atoms with Crippen molar-refractivity contribution in [2.24, 2.45) is 0 Å². The maximum absolute atomic E-state index is 8.44. The second-order valence-corrected chi connectivity index (χ2v) is 7.20. The number of nitrogens with zero attached hydrogens (tertiary/aromatic N) is 1. The lowest BCUT2D eigenvalue weighted by Crippen LogP contribution is -2.03. The number of fused-ring (bicyclic) bond motifs is 4. The predicted molar refractivity (Wildman–Crippen MR) is 109 cm³/mol. The van der Waals surface area contributed by atoms with Crippen molar-refractivity contribution in [3.05, 3.63) is 64.8 Å². The van der Waals surface area contributed by atoms with Gasteiger partial charge in [-0.2, -0.15) is 0 Å². The first-order chi connectivity index (χ1) is 16.1. The Bertz CT molecular complexity index is 1480. The highest BCUT2D eigenvalue weighted by Gasteiger charge is 2.16. The fourth-order valence-corrected chi connectivity index (χ4v) is 4.66. The van der Waals surface area contributed by atoms with Crippen LogP contribution in [-0.2, 0) is 12.7 Å². The average Bonchev–Trinajstić information content (AvgIpc) is 3.13. The van der Waals surface area contributed by atoms with Crippen LogP contribution >= 0.6 is 11.3 Å². The van der Waals surface area contributed by atoms with Crippen LogP contribution < -0.4 is 0 Å². The first-order valence-corrected chi connectivity index (χ1v) is 8.93. The molecule has 0 N–H and O–H groups in total. The highest BCUT2D eigenvalue weighted by atomic mass is 32.1. The summed E-state index contributed by atoms with van der Waals surface area (Å²) in [6.45, 7) is -4.70. The van der Waals surface area contributed by atoms with Gasteiger partial charge in [-0.25, -0.2) is 0 Å². The van der Waals surface area contributed by atoms with Gasteiger partial charge >= 0.3 is 0 Å².